The second kappa shape index (κ2) is 4.28. The topological polar surface area (TPSA) is 37.8 Å². The van der Waals surface area contributed by atoms with Gasteiger partial charge in [-0.2, -0.15) is 11.8 Å². The van der Waals surface area contributed by atoms with Crippen LogP contribution in [0.1, 0.15) is 6.42 Å². The number of anilines is 1. The van der Waals surface area contributed by atoms with E-state index in [1.807, 2.05) is 11.8 Å². The first-order chi connectivity index (χ1) is 6.36. The molecule has 1 saturated heterocycles. The van der Waals surface area contributed by atoms with Crippen molar-refractivity contribution in [2.45, 2.75) is 12.5 Å². The predicted octanol–water partition coefficient (Wildman–Crippen LogP) is 2.16. The van der Waals surface area contributed by atoms with E-state index in [4.69, 9.17) is 0 Å². The summed E-state index contributed by atoms with van der Waals surface area (Å²) in [7, 11) is 0. The van der Waals surface area contributed by atoms with E-state index >= 15 is 0 Å². The van der Waals surface area contributed by atoms with Crippen molar-refractivity contribution in [1.82, 2.24) is 9.97 Å². The zero-order chi connectivity index (χ0) is 9.10. The molecule has 1 aliphatic heterocycles. The Kier molecular flexibility index (Phi) is 3.05. The van der Waals surface area contributed by atoms with Gasteiger partial charge in [-0.25, -0.2) is 9.97 Å². The molecule has 70 valence electrons. The van der Waals surface area contributed by atoms with E-state index in [0.717, 1.165) is 10.3 Å². The van der Waals surface area contributed by atoms with Gasteiger partial charge in [-0.1, -0.05) is 0 Å². The Bertz CT molecular complexity index is 288. The minimum Gasteiger partial charge on any atom is -0.365 e. The van der Waals surface area contributed by atoms with E-state index in [1.54, 1.807) is 12.5 Å². The van der Waals surface area contributed by atoms with Crippen LogP contribution in [-0.2, 0) is 0 Å². The van der Waals surface area contributed by atoms with Crippen LogP contribution in [0, 0.1) is 0 Å². The molecular weight excluding hydrogens is 250 g/mol. The van der Waals surface area contributed by atoms with Gasteiger partial charge in [-0.15, -0.1) is 0 Å². The van der Waals surface area contributed by atoms with Gasteiger partial charge in [0, 0.05) is 18.0 Å². The summed E-state index contributed by atoms with van der Waals surface area (Å²) in [6.45, 7) is 0. The lowest BCUT2D eigenvalue weighted by Crippen LogP contribution is -2.19. The molecule has 0 aliphatic carbocycles. The summed E-state index contributed by atoms with van der Waals surface area (Å²) in [6.07, 6.45) is 4.55. The summed E-state index contributed by atoms with van der Waals surface area (Å²) in [5.74, 6) is 3.33. The second-order valence-corrected chi connectivity index (χ2v) is 4.93. The third-order valence-corrected chi connectivity index (χ3v) is 3.68. The van der Waals surface area contributed by atoms with E-state index in [9.17, 15) is 0 Å². The average molecular weight is 260 g/mol. The van der Waals surface area contributed by atoms with Crippen LogP contribution in [0.15, 0.2) is 17.0 Å². The van der Waals surface area contributed by atoms with Crippen LogP contribution in [0.5, 0.6) is 0 Å². The average Bonchev–Trinajstić information content (AvgIpc) is 2.61. The summed E-state index contributed by atoms with van der Waals surface area (Å²) in [4.78, 5) is 8.08. The maximum Gasteiger partial charge on any atom is 0.143 e. The summed E-state index contributed by atoms with van der Waals surface area (Å²) < 4.78 is 0.937. The fraction of sp³-hybridized carbons (Fsp3) is 0.500. The standard InChI is InChI=1S/C8H10BrN3S/c9-7-3-10-5-11-8(7)12-6-1-2-13-4-6/h3,5-6H,1-2,4H2,(H,10,11,12). The zero-order valence-corrected chi connectivity index (χ0v) is 9.44. The van der Waals surface area contributed by atoms with Crippen molar-refractivity contribution in [3.8, 4) is 0 Å². The monoisotopic (exact) mass is 259 g/mol. The first-order valence-corrected chi connectivity index (χ1v) is 6.11. The van der Waals surface area contributed by atoms with Crippen LogP contribution in [0.4, 0.5) is 5.82 Å². The largest absolute Gasteiger partial charge is 0.365 e. The molecule has 0 saturated carbocycles. The molecule has 0 bridgehead atoms. The van der Waals surface area contributed by atoms with Crippen molar-refractivity contribution >= 4 is 33.5 Å². The SMILES string of the molecule is Brc1cncnc1NC1CCSC1. The van der Waals surface area contributed by atoms with Gasteiger partial charge in [0.2, 0.25) is 0 Å². The fourth-order valence-corrected chi connectivity index (χ4v) is 2.75. The second-order valence-electron chi connectivity index (χ2n) is 2.92. The number of aromatic nitrogens is 2. The minimum absolute atomic E-state index is 0.566. The summed E-state index contributed by atoms with van der Waals surface area (Å²) in [6, 6.07) is 0.566. The lowest BCUT2D eigenvalue weighted by molar-refractivity contribution is 0.804. The molecule has 0 spiro atoms. The Morgan fingerprint density at radius 2 is 2.54 bits per heavy atom. The number of nitrogens with one attached hydrogen (secondary N) is 1. The highest BCUT2D eigenvalue weighted by Gasteiger charge is 2.16. The molecule has 1 unspecified atom stereocenters. The smallest absolute Gasteiger partial charge is 0.143 e. The van der Waals surface area contributed by atoms with Gasteiger partial charge in [-0.05, 0) is 28.1 Å². The Morgan fingerprint density at radius 1 is 1.62 bits per heavy atom. The zero-order valence-electron chi connectivity index (χ0n) is 7.03. The molecule has 1 N–H and O–H groups in total. The predicted molar refractivity (Wildman–Crippen MR) is 59.1 cm³/mol. The Labute approximate surface area is 89.9 Å². The Morgan fingerprint density at radius 3 is 3.23 bits per heavy atom. The molecule has 1 atom stereocenters. The molecular formula is C8H10BrN3S. The number of hydrogen-bond donors (Lipinski definition) is 1. The summed E-state index contributed by atoms with van der Waals surface area (Å²) in [5, 5.41) is 3.39. The van der Waals surface area contributed by atoms with Gasteiger partial charge in [0.1, 0.15) is 12.1 Å². The molecule has 0 aromatic carbocycles. The van der Waals surface area contributed by atoms with Crippen molar-refractivity contribution in [3.05, 3.63) is 17.0 Å². The lowest BCUT2D eigenvalue weighted by atomic mass is 10.2. The van der Waals surface area contributed by atoms with Crippen LogP contribution in [0.3, 0.4) is 0 Å². The first kappa shape index (κ1) is 9.27. The molecule has 2 rings (SSSR count). The van der Waals surface area contributed by atoms with Gasteiger partial charge in [0.05, 0.1) is 4.47 Å². The number of halogens is 1. The van der Waals surface area contributed by atoms with E-state index in [1.165, 1.54) is 17.9 Å². The van der Waals surface area contributed by atoms with Crippen molar-refractivity contribution in [3.63, 3.8) is 0 Å². The number of hydrogen-bond acceptors (Lipinski definition) is 4. The quantitative estimate of drug-likeness (QED) is 0.884. The van der Waals surface area contributed by atoms with E-state index in [-0.39, 0.29) is 0 Å². The number of rotatable bonds is 2. The fourth-order valence-electron chi connectivity index (χ4n) is 1.26. The maximum atomic E-state index is 4.16. The Balaban J connectivity index is 2.04. The van der Waals surface area contributed by atoms with Crippen molar-refractivity contribution < 1.29 is 0 Å². The van der Waals surface area contributed by atoms with E-state index in [2.05, 4.69) is 31.2 Å². The van der Waals surface area contributed by atoms with Crippen LogP contribution in [-0.4, -0.2) is 27.5 Å². The number of thioether (sulfide) groups is 1. The van der Waals surface area contributed by atoms with E-state index in [0.29, 0.717) is 6.04 Å². The molecule has 0 amide bonds. The Hall–Kier alpha value is -0.290. The molecule has 5 heteroatoms. The van der Waals surface area contributed by atoms with Gasteiger partial charge in [0.15, 0.2) is 0 Å². The van der Waals surface area contributed by atoms with Gasteiger partial charge >= 0.3 is 0 Å². The molecule has 1 aromatic heterocycles. The molecule has 0 radical (unpaired) electrons. The normalized spacial score (nSPS) is 21.8. The molecule has 13 heavy (non-hydrogen) atoms. The third-order valence-electron chi connectivity index (χ3n) is 1.94. The van der Waals surface area contributed by atoms with Gasteiger partial charge < -0.3 is 5.32 Å². The van der Waals surface area contributed by atoms with Crippen LogP contribution in [0.25, 0.3) is 0 Å². The third kappa shape index (κ3) is 2.34. The van der Waals surface area contributed by atoms with Crippen molar-refractivity contribution in [2.24, 2.45) is 0 Å². The van der Waals surface area contributed by atoms with Crippen molar-refractivity contribution in [2.75, 3.05) is 16.8 Å². The maximum absolute atomic E-state index is 4.16. The highest BCUT2D eigenvalue weighted by atomic mass is 79.9. The van der Waals surface area contributed by atoms with Crippen molar-refractivity contribution in [1.29, 1.82) is 0 Å². The molecule has 3 nitrogen and oxygen atoms in total. The number of nitrogens with zero attached hydrogens (tertiary/aromatic N) is 2. The van der Waals surface area contributed by atoms with Crippen LogP contribution >= 0.6 is 27.7 Å². The van der Waals surface area contributed by atoms with Crippen LogP contribution in [0.2, 0.25) is 0 Å². The summed E-state index contributed by atoms with van der Waals surface area (Å²) in [5.41, 5.74) is 0. The van der Waals surface area contributed by atoms with E-state index < -0.39 is 0 Å². The van der Waals surface area contributed by atoms with Gasteiger partial charge in [-0.3, -0.25) is 0 Å². The highest BCUT2D eigenvalue weighted by Crippen LogP contribution is 2.23. The molecule has 1 aliphatic rings. The molecule has 2 heterocycles. The highest BCUT2D eigenvalue weighted by molar-refractivity contribution is 9.10. The molecule has 1 fully saturated rings. The minimum atomic E-state index is 0.566. The van der Waals surface area contributed by atoms with Gasteiger partial charge in [0.25, 0.3) is 0 Å². The molecule has 1 aromatic rings. The summed E-state index contributed by atoms with van der Waals surface area (Å²) >= 11 is 5.40. The first-order valence-electron chi connectivity index (χ1n) is 4.16. The lowest BCUT2D eigenvalue weighted by Gasteiger charge is -2.12. The van der Waals surface area contributed by atoms with Crippen LogP contribution < -0.4 is 5.32 Å².